The second kappa shape index (κ2) is 6.52. The van der Waals surface area contributed by atoms with Crippen LogP contribution in [-0.4, -0.2) is 29.3 Å². The fourth-order valence-electron chi connectivity index (χ4n) is 2.20. The van der Waals surface area contributed by atoms with Crippen molar-refractivity contribution in [1.29, 1.82) is 0 Å². The molecule has 0 aliphatic carbocycles. The minimum absolute atomic E-state index is 0.0110. The zero-order valence-corrected chi connectivity index (χ0v) is 12.1. The van der Waals surface area contributed by atoms with Gasteiger partial charge in [-0.2, -0.15) is 0 Å². The molecular weight excluding hydrogens is 242 g/mol. The maximum atomic E-state index is 12.2. The predicted octanol–water partition coefficient (Wildman–Crippen LogP) is 1.56. The number of H-pyrrole nitrogens is 1. The molecule has 1 rings (SSSR count). The van der Waals surface area contributed by atoms with E-state index in [-0.39, 0.29) is 17.7 Å². The molecular formula is C14H23N3O2. The molecule has 1 amide bonds. The van der Waals surface area contributed by atoms with E-state index in [1.165, 1.54) is 6.92 Å². The number of Topliss-reactive ketones (excluding diaryl/α,β-unsaturated/α-hetero) is 1. The average Bonchev–Trinajstić information content (AvgIpc) is 2.66. The van der Waals surface area contributed by atoms with Crippen molar-refractivity contribution < 1.29 is 9.59 Å². The standard InChI is InChI=1S/C14H23N3O2/c1-5-6-11-12(10(4)18)9(3)17-13(11)14(19)16-8(2)7-15/h8,17H,5-7,15H2,1-4H3,(H,16,19)/t8-/m0/s1. The first-order chi connectivity index (χ1) is 8.92. The number of rotatable bonds is 6. The Morgan fingerprint density at radius 2 is 2.05 bits per heavy atom. The number of aryl methyl sites for hydroxylation is 1. The van der Waals surface area contributed by atoms with Gasteiger partial charge in [-0.15, -0.1) is 0 Å². The molecule has 5 heteroatoms. The third-order valence-electron chi connectivity index (χ3n) is 3.10. The Morgan fingerprint density at radius 1 is 1.42 bits per heavy atom. The molecule has 1 aromatic rings. The Balaban J connectivity index is 3.16. The SMILES string of the molecule is CCCc1c(C(=O)N[C@@H](C)CN)[nH]c(C)c1C(C)=O. The molecule has 0 radical (unpaired) electrons. The maximum Gasteiger partial charge on any atom is 0.268 e. The van der Waals surface area contributed by atoms with Gasteiger partial charge in [-0.05, 0) is 32.8 Å². The van der Waals surface area contributed by atoms with E-state index in [0.717, 1.165) is 17.7 Å². The first kappa shape index (κ1) is 15.4. The Morgan fingerprint density at radius 3 is 2.53 bits per heavy atom. The lowest BCUT2D eigenvalue weighted by Crippen LogP contribution is -2.38. The second-order valence-electron chi connectivity index (χ2n) is 4.89. The van der Waals surface area contributed by atoms with Crippen LogP contribution in [0.1, 0.15) is 59.3 Å². The molecule has 1 atom stereocenters. The smallest absolute Gasteiger partial charge is 0.268 e. The van der Waals surface area contributed by atoms with E-state index in [9.17, 15) is 9.59 Å². The van der Waals surface area contributed by atoms with Gasteiger partial charge in [0.05, 0.1) is 0 Å². The molecule has 1 heterocycles. The van der Waals surface area contributed by atoms with Gasteiger partial charge < -0.3 is 16.0 Å². The molecule has 5 nitrogen and oxygen atoms in total. The molecule has 0 aromatic carbocycles. The number of ketones is 1. The van der Waals surface area contributed by atoms with Crippen molar-refractivity contribution in [3.8, 4) is 0 Å². The molecule has 0 unspecified atom stereocenters. The molecule has 1 aromatic heterocycles. The Kier molecular flexibility index (Phi) is 5.30. The number of nitrogens with two attached hydrogens (primary N) is 1. The summed E-state index contributed by atoms with van der Waals surface area (Å²) in [5.74, 6) is -0.208. The van der Waals surface area contributed by atoms with Crippen LogP contribution in [0.15, 0.2) is 0 Å². The van der Waals surface area contributed by atoms with Crippen LogP contribution in [0.5, 0.6) is 0 Å². The number of aromatic nitrogens is 1. The van der Waals surface area contributed by atoms with Crippen molar-refractivity contribution in [2.45, 2.75) is 46.6 Å². The number of nitrogens with one attached hydrogen (secondary N) is 2. The highest BCUT2D eigenvalue weighted by Gasteiger charge is 2.22. The van der Waals surface area contributed by atoms with Gasteiger partial charge in [-0.3, -0.25) is 9.59 Å². The average molecular weight is 265 g/mol. The largest absolute Gasteiger partial charge is 0.354 e. The molecule has 0 fully saturated rings. The monoisotopic (exact) mass is 265 g/mol. The van der Waals surface area contributed by atoms with E-state index in [1.54, 1.807) is 0 Å². The van der Waals surface area contributed by atoms with E-state index < -0.39 is 0 Å². The van der Waals surface area contributed by atoms with Crippen LogP contribution in [0.3, 0.4) is 0 Å². The molecule has 0 saturated carbocycles. The molecule has 0 saturated heterocycles. The lowest BCUT2D eigenvalue weighted by atomic mass is 10.0. The van der Waals surface area contributed by atoms with Crippen molar-refractivity contribution in [2.24, 2.45) is 5.73 Å². The predicted molar refractivity (Wildman–Crippen MR) is 75.5 cm³/mol. The zero-order chi connectivity index (χ0) is 14.6. The van der Waals surface area contributed by atoms with Crippen molar-refractivity contribution in [2.75, 3.05) is 6.54 Å². The van der Waals surface area contributed by atoms with Gasteiger partial charge in [0.15, 0.2) is 5.78 Å². The van der Waals surface area contributed by atoms with Crippen molar-refractivity contribution >= 4 is 11.7 Å². The molecule has 0 bridgehead atoms. The molecule has 19 heavy (non-hydrogen) atoms. The molecule has 0 aliphatic rings. The third kappa shape index (κ3) is 3.44. The summed E-state index contributed by atoms with van der Waals surface area (Å²) < 4.78 is 0. The second-order valence-corrected chi connectivity index (χ2v) is 4.89. The molecule has 4 N–H and O–H groups in total. The van der Waals surface area contributed by atoms with Gasteiger partial charge >= 0.3 is 0 Å². The Labute approximate surface area is 114 Å². The van der Waals surface area contributed by atoms with Crippen LogP contribution in [0.25, 0.3) is 0 Å². The van der Waals surface area contributed by atoms with Crippen LogP contribution in [-0.2, 0) is 6.42 Å². The molecule has 0 spiro atoms. The lowest BCUT2D eigenvalue weighted by Gasteiger charge is -2.11. The summed E-state index contributed by atoms with van der Waals surface area (Å²) in [6.45, 7) is 7.60. The van der Waals surface area contributed by atoms with E-state index in [4.69, 9.17) is 5.73 Å². The number of amides is 1. The quantitative estimate of drug-likeness (QED) is 0.682. The van der Waals surface area contributed by atoms with Gasteiger partial charge in [0, 0.05) is 23.8 Å². The van der Waals surface area contributed by atoms with E-state index in [0.29, 0.717) is 24.2 Å². The fraction of sp³-hybridized carbons (Fsp3) is 0.571. The highest BCUT2D eigenvalue weighted by molar-refractivity contribution is 6.02. The normalized spacial score (nSPS) is 12.3. The summed E-state index contributed by atoms with van der Waals surface area (Å²) in [4.78, 5) is 26.9. The van der Waals surface area contributed by atoms with Crippen LogP contribution in [0, 0.1) is 6.92 Å². The summed E-state index contributed by atoms with van der Waals surface area (Å²) in [5, 5.41) is 2.82. The summed E-state index contributed by atoms with van der Waals surface area (Å²) in [6, 6.07) is -0.0913. The van der Waals surface area contributed by atoms with Crippen LogP contribution < -0.4 is 11.1 Å². The van der Waals surface area contributed by atoms with Gasteiger partial charge in [0.25, 0.3) is 5.91 Å². The molecule has 0 aliphatic heterocycles. The van der Waals surface area contributed by atoms with Crippen LogP contribution in [0.2, 0.25) is 0 Å². The van der Waals surface area contributed by atoms with Gasteiger partial charge in [0.2, 0.25) is 0 Å². The topological polar surface area (TPSA) is 88.0 Å². The number of hydrogen-bond donors (Lipinski definition) is 3. The first-order valence-corrected chi connectivity index (χ1v) is 6.65. The van der Waals surface area contributed by atoms with Gasteiger partial charge in [-0.1, -0.05) is 13.3 Å². The number of carbonyl (C=O) groups is 2. The minimum atomic E-state index is -0.197. The summed E-state index contributed by atoms with van der Waals surface area (Å²) in [7, 11) is 0. The maximum absolute atomic E-state index is 12.2. The zero-order valence-electron chi connectivity index (χ0n) is 12.1. The van der Waals surface area contributed by atoms with E-state index >= 15 is 0 Å². The van der Waals surface area contributed by atoms with Gasteiger partial charge in [0.1, 0.15) is 5.69 Å². The Hall–Kier alpha value is -1.62. The highest BCUT2D eigenvalue weighted by Crippen LogP contribution is 2.21. The van der Waals surface area contributed by atoms with Crippen LogP contribution >= 0.6 is 0 Å². The Bertz CT molecular complexity index is 477. The lowest BCUT2D eigenvalue weighted by molar-refractivity contribution is 0.0935. The molecule has 106 valence electrons. The van der Waals surface area contributed by atoms with E-state index in [1.807, 2.05) is 20.8 Å². The number of aromatic amines is 1. The summed E-state index contributed by atoms with van der Waals surface area (Å²) in [6.07, 6.45) is 1.59. The summed E-state index contributed by atoms with van der Waals surface area (Å²) in [5.41, 5.74) is 8.20. The van der Waals surface area contributed by atoms with Gasteiger partial charge in [-0.25, -0.2) is 0 Å². The third-order valence-corrected chi connectivity index (χ3v) is 3.10. The number of carbonyl (C=O) groups excluding carboxylic acids is 2. The first-order valence-electron chi connectivity index (χ1n) is 6.65. The van der Waals surface area contributed by atoms with Crippen LogP contribution in [0.4, 0.5) is 0 Å². The number of hydrogen-bond acceptors (Lipinski definition) is 3. The van der Waals surface area contributed by atoms with Crippen molar-refractivity contribution in [3.63, 3.8) is 0 Å². The van der Waals surface area contributed by atoms with Crippen molar-refractivity contribution in [1.82, 2.24) is 10.3 Å². The van der Waals surface area contributed by atoms with Crippen molar-refractivity contribution in [3.05, 3.63) is 22.5 Å². The highest BCUT2D eigenvalue weighted by atomic mass is 16.2. The summed E-state index contributed by atoms with van der Waals surface area (Å²) >= 11 is 0. The minimum Gasteiger partial charge on any atom is -0.354 e. The van der Waals surface area contributed by atoms with E-state index in [2.05, 4.69) is 10.3 Å². The fourth-order valence-corrected chi connectivity index (χ4v) is 2.20.